The van der Waals surface area contributed by atoms with Gasteiger partial charge in [0.15, 0.2) is 6.61 Å². The molecule has 5 heteroatoms. The fraction of sp³-hybridized carbons (Fsp3) is 0.440. The van der Waals surface area contributed by atoms with Gasteiger partial charge in [0.05, 0.1) is 5.56 Å². The molecule has 3 rings (SSSR count). The van der Waals surface area contributed by atoms with Crippen molar-refractivity contribution >= 4 is 17.6 Å². The lowest BCUT2D eigenvalue weighted by Crippen LogP contribution is -2.22. The third-order valence-electron chi connectivity index (χ3n) is 5.28. The lowest BCUT2D eigenvalue weighted by Gasteiger charge is -2.22. The van der Waals surface area contributed by atoms with E-state index in [0.29, 0.717) is 17.0 Å². The van der Waals surface area contributed by atoms with Crippen LogP contribution in [-0.4, -0.2) is 24.6 Å². The number of benzene rings is 2. The summed E-state index contributed by atoms with van der Waals surface area (Å²) in [7, 11) is 0. The number of anilines is 1. The number of hydrogen-bond acceptors (Lipinski definition) is 4. The van der Waals surface area contributed by atoms with Crippen LogP contribution in [0.4, 0.5) is 5.69 Å². The molecule has 0 heterocycles. The monoisotopic (exact) mass is 409 g/mol. The molecule has 2 aromatic rings. The molecule has 0 bridgehead atoms. The van der Waals surface area contributed by atoms with Crippen LogP contribution in [0.3, 0.4) is 0 Å². The first-order chi connectivity index (χ1) is 14.3. The molecule has 1 aliphatic carbocycles. The van der Waals surface area contributed by atoms with Gasteiger partial charge in [-0.15, -0.1) is 0 Å². The van der Waals surface area contributed by atoms with Crippen LogP contribution < -0.4 is 10.1 Å². The van der Waals surface area contributed by atoms with Crippen molar-refractivity contribution in [3.05, 3.63) is 59.7 Å². The third-order valence-corrected chi connectivity index (χ3v) is 5.28. The Morgan fingerprint density at radius 3 is 2.30 bits per heavy atom. The molecule has 1 fully saturated rings. The highest BCUT2D eigenvalue weighted by molar-refractivity contribution is 5.93. The molecule has 2 aromatic carbocycles. The molecule has 0 spiro atoms. The van der Waals surface area contributed by atoms with Gasteiger partial charge in [-0.2, -0.15) is 0 Å². The Balaban J connectivity index is 1.52. The van der Waals surface area contributed by atoms with Crippen LogP contribution in [0.15, 0.2) is 48.5 Å². The number of amides is 1. The average Bonchev–Trinajstić information content (AvgIpc) is 2.73. The van der Waals surface area contributed by atoms with Crippen molar-refractivity contribution in [3.63, 3.8) is 0 Å². The zero-order chi connectivity index (χ0) is 21.6. The minimum absolute atomic E-state index is 0.0266. The van der Waals surface area contributed by atoms with Gasteiger partial charge in [0.2, 0.25) is 0 Å². The van der Waals surface area contributed by atoms with E-state index in [-0.39, 0.29) is 30.0 Å². The molecule has 0 unspecified atom stereocenters. The van der Waals surface area contributed by atoms with Gasteiger partial charge in [0, 0.05) is 5.69 Å². The van der Waals surface area contributed by atoms with Crippen molar-refractivity contribution in [2.24, 2.45) is 0 Å². The second-order valence-corrected chi connectivity index (χ2v) is 8.83. The predicted molar refractivity (Wildman–Crippen MR) is 118 cm³/mol. The lowest BCUT2D eigenvalue weighted by molar-refractivity contribution is -0.118. The van der Waals surface area contributed by atoms with Crippen molar-refractivity contribution < 1.29 is 19.1 Å². The van der Waals surface area contributed by atoms with Crippen LogP contribution in [0.5, 0.6) is 5.75 Å². The number of rotatable bonds is 6. The van der Waals surface area contributed by atoms with E-state index in [1.807, 2.05) is 24.3 Å². The SMILES string of the molecule is CC(C)(C)c1ccccc1OCC(=O)Nc1ccc(C(=O)OC2CCCCC2)cc1. The van der Waals surface area contributed by atoms with Crippen LogP contribution in [0.1, 0.15) is 68.8 Å². The molecule has 0 aromatic heterocycles. The smallest absolute Gasteiger partial charge is 0.338 e. The van der Waals surface area contributed by atoms with Crippen molar-refractivity contribution in [3.8, 4) is 5.75 Å². The molecule has 1 N–H and O–H groups in total. The van der Waals surface area contributed by atoms with Crippen molar-refractivity contribution in [2.45, 2.75) is 64.4 Å². The molecule has 1 amide bonds. The second-order valence-electron chi connectivity index (χ2n) is 8.83. The first-order valence-corrected chi connectivity index (χ1v) is 10.7. The fourth-order valence-electron chi connectivity index (χ4n) is 3.64. The highest BCUT2D eigenvalue weighted by Gasteiger charge is 2.20. The van der Waals surface area contributed by atoms with Gasteiger partial charge in [0.1, 0.15) is 11.9 Å². The Bertz CT molecular complexity index is 861. The number of carbonyl (C=O) groups excluding carboxylic acids is 2. The van der Waals surface area contributed by atoms with E-state index in [1.165, 1.54) is 6.42 Å². The number of hydrogen-bond donors (Lipinski definition) is 1. The maximum Gasteiger partial charge on any atom is 0.338 e. The van der Waals surface area contributed by atoms with Gasteiger partial charge in [-0.25, -0.2) is 4.79 Å². The summed E-state index contributed by atoms with van der Waals surface area (Å²) in [5, 5.41) is 2.80. The Hall–Kier alpha value is -2.82. The standard InChI is InChI=1S/C25H31NO4/c1-25(2,3)21-11-7-8-12-22(21)29-17-23(27)26-19-15-13-18(14-16-19)24(28)30-20-9-5-4-6-10-20/h7-8,11-16,20H,4-6,9-10,17H2,1-3H3,(H,26,27). The highest BCUT2D eigenvalue weighted by Crippen LogP contribution is 2.31. The summed E-state index contributed by atoms with van der Waals surface area (Å²) in [4.78, 5) is 24.6. The molecule has 0 aliphatic heterocycles. The highest BCUT2D eigenvalue weighted by atomic mass is 16.5. The Morgan fingerprint density at radius 2 is 1.63 bits per heavy atom. The summed E-state index contributed by atoms with van der Waals surface area (Å²) in [5.41, 5.74) is 2.09. The Labute approximate surface area is 178 Å². The molecule has 1 saturated carbocycles. The second kappa shape index (κ2) is 9.79. The Kier molecular flexibility index (Phi) is 7.14. The van der Waals surface area contributed by atoms with E-state index < -0.39 is 0 Å². The van der Waals surface area contributed by atoms with Gasteiger partial charge < -0.3 is 14.8 Å². The van der Waals surface area contributed by atoms with Gasteiger partial charge in [-0.1, -0.05) is 45.4 Å². The number of esters is 1. The van der Waals surface area contributed by atoms with Gasteiger partial charge in [0.25, 0.3) is 5.91 Å². The van der Waals surface area contributed by atoms with Crippen molar-refractivity contribution in [1.29, 1.82) is 0 Å². The first-order valence-electron chi connectivity index (χ1n) is 10.7. The Morgan fingerprint density at radius 1 is 0.967 bits per heavy atom. The maximum absolute atomic E-state index is 12.3. The molecule has 0 atom stereocenters. The largest absolute Gasteiger partial charge is 0.483 e. The molecule has 0 radical (unpaired) electrons. The molecule has 5 nitrogen and oxygen atoms in total. The van der Waals surface area contributed by atoms with Gasteiger partial charge in [-0.3, -0.25) is 4.79 Å². The van der Waals surface area contributed by atoms with Crippen LogP contribution in [0, 0.1) is 0 Å². The predicted octanol–water partition coefficient (Wildman–Crippen LogP) is 5.49. The first kappa shape index (κ1) is 21.9. The minimum Gasteiger partial charge on any atom is -0.483 e. The van der Waals surface area contributed by atoms with E-state index in [4.69, 9.17) is 9.47 Å². The van der Waals surface area contributed by atoms with E-state index in [1.54, 1.807) is 24.3 Å². The molecule has 30 heavy (non-hydrogen) atoms. The summed E-state index contributed by atoms with van der Waals surface area (Å²) in [6.45, 7) is 6.24. The lowest BCUT2D eigenvalue weighted by atomic mass is 9.86. The van der Waals surface area contributed by atoms with Crippen LogP contribution in [0.2, 0.25) is 0 Å². The maximum atomic E-state index is 12.3. The summed E-state index contributed by atoms with van der Waals surface area (Å²) >= 11 is 0. The minimum atomic E-state index is -0.304. The van der Waals surface area contributed by atoms with Crippen molar-refractivity contribution in [1.82, 2.24) is 0 Å². The summed E-state index contributed by atoms with van der Waals surface area (Å²) in [6, 6.07) is 14.5. The molecular formula is C25H31NO4. The summed E-state index contributed by atoms with van der Waals surface area (Å²) in [6.07, 6.45) is 5.36. The van der Waals surface area contributed by atoms with E-state index in [9.17, 15) is 9.59 Å². The molecule has 0 saturated heterocycles. The molecular weight excluding hydrogens is 378 g/mol. The number of ether oxygens (including phenoxy) is 2. The molecule has 160 valence electrons. The van der Waals surface area contributed by atoms with E-state index in [0.717, 1.165) is 31.2 Å². The zero-order valence-corrected chi connectivity index (χ0v) is 18.1. The van der Waals surface area contributed by atoms with E-state index in [2.05, 4.69) is 26.1 Å². The third kappa shape index (κ3) is 6.09. The average molecular weight is 410 g/mol. The number of nitrogens with one attached hydrogen (secondary N) is 1. The van der Waals surface area contributed by atoms with Crippen LogP contribution in [-0.2, 0) is 14.9 Å². The van der Waals surface area contributed by atoms with Crippen LogP contribution in [0.25, 0.3) is 0 Å². The number of para-hydroxylation sites is 1. The van der Waals surface area contributed by atoms with Crippen LogP contribution >= 0.6 is 0 Å². The fourth-order valence-corrected chi connectivity index (χ4v) is 3.64. The number of carbonyl (C=O) groups is 2. The van der Waals surface area contributed by atoms with Gasteiger partial charge >= 0.3 is 5.97 Å². The zero-order valence-electron chi connectivity index (χ0n) is 18.1. The van der Waals surface area contributed by atoms with E-state index >= 15 is 0 Å². The summed E-state index contributed by atoms with van der Waals surface area (Å²) < 4.78 is 11.3. The quantitative estimate of drug-likeness (QED) is 0.641. The summed E-state index contributed by atoms with van der Waals surface area (Å²) in [5.74, 6) is 0.152. The van der Waals surface area contributed by atoms with Gasteiger partial charge in [-0.05, 0) is 67.0 Å². The topological polar surface area (TPSA) is 64.6 Å². The van der Waals surface area contributed by atoms with Crippen molar-refractivity contribution in [2.75, 3.05) is 11.9 Å². The molecule has 1 aliphatic rings. The normalized spacial score (nSPS) is 14.8.